The third-order valence-corrected chi connectivity index (χ3v) is 2.60. The highest BCUT2D eigenvalue weighted by Crippen LogP contribution is 2.24. The van der Waals surface area contributed by atoms with Crippen LogP contribution < -0.4 is 0 Å². The first-order valence-electron chi connectivity index (χ1n) is 2.72. The fourth-order valence-electron chi connectivity index (χ4n) is 0.761. The van der Waals surface area contributed by atoms with Crippen LogP contribution in [0.4, 0.5) is 0 Å². The molecule has 0 saturated heterocycles. The molecular formula is C6H3BrN2S. The van der Waals surface area contributed by atoms with Gasteiger partial charge in [-0.1, -0.05) is 0 Å². The molecule has 2 heterocycles. The van der Waals surface area contributed by atoms with Crippen LogP contribution in [-0.4, -0.2) is 9.36 Å². The number of hydrogen-bond acceptors (Lipinski definition) is 3. The molecule has 2 nitrogen and oxygen atoms in total. The lowest BCUT2D eigenvalue weighted by molar-refractivity contribution is 1.36. The van der Waals surface area contributed by atoms with Gasteiger partial charge in [0.15, 0.2) is 0 Å². The maximum Gasteiger partial charge on any atom is 0.0744 e. The second-order valence-electron chi connectivity index (χ2n) is 1.86. The zero-order valence-electron chi connectivity index (χ0n) is 4.91. The predicted molar refractivity (Wildman–Crippen MR) is 45.1 cm³/mol. The van der Waals surface area contributed by atoms with Crippen molar-refractivity contribution >= 4 is 37.5 Å². The molecule has 0 atom stereocenters. The van der Waals surface area contributed by atoms with Gasteiger partial charge >= 0.3 is 0 Å². The molecule has 0 spiro atoms. The van der Waals surface area contributed by atoms with Gasteiger partial charge in [-0.25, -0.2) is 0 Å². The lowest BCUT2D eigenvalue weighted by atomic mass is 10.4. The van der Waals surface area contributed by atoms with Crippen LogP contribution in [0.1, 0.15) is 0 Å². The van der Waals surface area contributed by atoms with Gasteiger partial charge in [-0.15, -0.1) is 0 Å². The van der Waals surface area contributed by atoms with Gasteiger partial charge in [-0.05, 0) is 27.5 Å². The van der Waals surface area contributed by atoms with Crippen LogP contribution in [0.2, 0.25) is 0 Å². The van der Waals surface area contributed by atoms with Crippen LogP contribution in [-0.2, 0) is 0 Å². The number of aromatic nitrogens is 2. The molecule has 0 amide bonds. The van der Waals surface area contributed by atoms with Crippen molar-refractivity contribution in [3.63, 3.8) is 0 Å². The van der Waals surface area contributed by atoms with Gasteiger partial charge in [0, 0.05) is 28.4 Å². The van der Waals surface area contributed by atoms with E-state index in [2.05, 4.69) is 25.3 Å². The first kappa shape index (κ1) is 6.24. The smallest absolute Gasteiger partial charge is 0.0744 e. The molecule has 2 rings (SSSR count). The van der Waals surface area contributed by atoms with Gasteiger partial charge in [0.1, 0.15) is 0 Å². The molecule has 0 aromatic carbocycles. The standard InChI is InChI=1S/C6H3BrN2S/c7-5-2-8-3-6-4(5)1-9-10-6/h1-3H. The molecule has 0 N–H and O–H groups in total. The van der Waals surface area contributed by atoms with Gasteiger partial charge in [0.05, 0.1) is 4.70 Å². The summed E-state index contributed by atoms with van der Waals surface area (Å²) in [5.41, 5.74) is 0. The zero-order chi connectivity index (χ0) is 6.97. The van der Waals surface area contributed by atoms with Crippen molar-refractivity contribution in [1.82, 2.24) is 9.36 Å². The summed E-state index contributed by atoms with van der Waals surface area (Å²) in [5, 5.41) is 1.14. The second kappa shape index (κ2) is 2.29. The fourth-order valence-corrected chi connectivity index (χ4v) is 1.97. The van der Waals surface area contributed by atoms with Crippen LogP contribution in [0, 0.1) is 0 Å². The maximum atomic E-state index is 4.03. The molecule has 0 bridgehead atoms. The first-order valence-corrected chi connectivity index (χ1v) is 4.28. The van der Waals surface area contributed by atoms with Crippen LogP contribution in [0.25, 0.3) is 10.1 Å². The van der Waals surface area contributed by atoms with Gasteiger partial charge in [-0.2, -0.15) is 4.37 Å². The number of nitrogens with zero attached hydrogens (tertiary/aromatic N) is 2. The monoisotopic (exact) mass is 214 g/mol. The van der Waals surface area contributed by atoms with Crippen LogP contribution in [0.5, 0.6) is 0 Å². The predicted octanol–water partition coefficient (Wildman–Crippen LogP) is 2.45. The molecular weight excluding hydrogens is 212 g/mol. The van der Waals surface area contributed by atoms with Crippen molar-refractivity contribution in [3.8, 4) is 0 Å². The quantitative estimate of drug-likeness (QED) is 0.674. The van der Waals surface area contributed by atoms with E-state index in [1.807, 2.05) is 12.4 Å². The molecule has 0 saturated carbocycles. The Balaban J connectivity index is 2.95. The molecule has 0 unspecified atom stereocenters. The maximum absolute atomic E-state index is 4.03. The number of halogens is 1. The molecule has 0 aliphatic heterocycles. The molecule has 0 fully saturated rings. The third-order valence-electron chi connectivity index (χ3n) is 1.24. The summed E-state index contributed by atoms with van der Waals surface area (Å²) in [5.74, 6) is 0. The molecule has 0 radical (unpaired) electrons. The summed E-state index contributed by atoms with van der Waals surface area (Å²) in [4.78, 5) is 4.01. The minimum absolute atomic E-state index is 1.01. The molecule has 0 aliphatic rings. The van der Waals surface area contributed by atoms with Crippen LogP contribution in [0.15, 0.2) is 23.1 Å². The van der Waals surface area contributed by atoms with Crippen molar-refractivity contribution in [2.24, 2.45) is 0 Å². The average molecular weight is 215 g/mol. The summed E-state index contributed by atoms with van der Waals surface area (Å²) in [6, 6.07) is 0. The van der Waals surface area contributed by atoms with E-state index >= 15 is 0 Å². The highest BCUT2D eigenvalue weighted by Gasteiger charge is 1.98. The van der Waals surface area contributed by atoms with Gasteiger partial charge in [0.2, 0.25) is 0 Å². The topological polar surface area (TPSA) is 25.8 Å². The molecule has 0 aliphatic carbocycles. The summed E-state index contributed by atoms with van der Waals surface area (Å²) in [7, 11) is 0. The van der Waals surface area contributed by atoms with E-state index in [0.29, 0.717) is 0 Å². The first-order chi connectivity index (χ1) is 4.88. The highest BCUT2D eigenvalue weighted by molar-refractivity contribution is 9.10. The number of pyridine rings is 1. The summed E-state index contributed by atoms with van der Waals surface area (Å²) >= 11 is 4.84. The van der Waals surface area contributed by atoms with Crippen LogP contribution in [0.3, 0.4) is 0 Å². The highest BCUT2D eigenvalue weighted by atomic mass is 79.9. The second-order valence-corrected chi connectivity index (χ2v) is 3.55. The van der Waals surface area contributed by atoms with E-state index in [4.69, 9.17) is 0 Å². The van der Waals surface area contributed by atoms with Crippen molar-refractivity contribution in [3.05, 3.63) is 23.1 Å². The van der Waals surface area contributed by atoms with Crippen molar-refractivity contribution in [2.45, 2.75) is 0 Å². The summed E-state index contributed by atoms with van der Waals surface area (Å²) in [6.45, 7) is 0. The Bertz CT molecular complexity index is 357. The van der Waals surface area contributed by atoms with Crippen molar-refractivity contribution < 1.29 is 0 Å². The Hall–Kier alpha value is -0.480. The van der Waals surface area contributed by atoms with Gasteiger partial charge in [0.25, 0.3) is 0 Å². The Morgan fingerprint density at radius 3 is 3.00 bits per heavy atom. The Labute approximate surface area is 70.2 Å². The SMILES string of the molecule is Brc1cncc2sncc12. The fraction of sp³-hybridized carbons (Fsp3) is 0. The number of rotatable bonds is 0. The summed E-state index contributed by atoms with van der Waals surface area (Å²) < 4.78 is 6.17. The lowest BCUT2D eigenvalue weighted by Crippen LogP contribution is -1.69. The van der Waals surface area contributed by atoms with Crippen molar-refractivity contribution in [1.29, 1.82) is 0 Å². The Morgan fingerprint density at radius 1 is 1.30 bits per heavy atom. The van der Waals surface area contributed by atoms with E-state index in [-0.39, 0.29) is 0 Å². The summed E-state index contributed by atoms with van der Waals surface area (Å²) in [6.07, 6.45) is 5.43. The Morgan fingerprint density at radius 2 is 2.20 bits per heavy atom. The molecule has 50 valence electrons. The van der Waals surface area contributed by atoms with Crippen molar-refractivity contribution in [2.75, 3.05) is 0 Å². The molecule has 10 heavy (non-hydrogen) atoms. The largest absolute Gasteiger partial charge is 0.262 e. The van der Waals surface area contributed by atoms with Gasteiger partial charge in [-0.3, -0.25) is 4.98 Å². The molecule has 4 heteroatoms. The lowest BCUT2D eigenvalue weighted by Gasteiger charge is -1.87. The van der Waals surface area contributed by atoms with E-state index in [0.717, 1.165) is 14.6 Å². The minimum Gasteiger partial charge on any atom is -0.262 e. The molecule has 2 aromatic rings. The van der Waals surface area contributed by atoms with E-state index in [1.54, 1.807) is 6.20 Å². The Kier molecular flexibility index (Phi) is 1.43. The molecule has 2 aromatic heterocycles. The normalized spacial score (nSPS) is 10.5. The number of fused-ring (bicyclic) bond motifs is 1. The zero-order valence-corrected chi connectivity index (χ0v) is 7.32. The van der Waals surface area contributed by atoms with E-state index in [9.17, 15) is 0 Å². The minimum atomic E-state index is 1.01. The van der Waals surface area contributed by atoms with Crippen LogP contribution >= 0.6 is 27.5 Å². The van der Waals surface area contributed by atoms with E-state index in [1.165, 1.54) is 11.5 Å². The number of hydrogen-bond donors (Lipinski definition) is 0. The average Bonchev–Trinajstić information content (AvgIpc) is 2.36. The third kappa shape index (κ3) is 0.839. The van der Waals surface area contributed by atoms with E-state index < -0.39 is 0 Å². The van der Waals surface area contributed by atoms with Gasteiger partial charge < -0.3 is 0 Å².